The van der Waals surface area contributed by atoms with E-state index in [9.17, 15) is 4.39 Å². The molecule has 27 heavy (non-hydrogen) atoms. The molecule has 1 heterocycles. The van der Waals surface area contributed by atoms with Gasteiger partial charge in [-0.25, -0.2) is 4.39 Å². The molecule has 0 radical (unpaired) electrons. The van der Waals surface area contributed by atoms with E-state index in [1.165, 1.54) is 12.8 Å². The fraction of sp³-hybridized carbons (Fsp3) is 0.455. The molecule has 5 heteroatoms. The summed E-state index contributed by atoms with van der Waals surface area (Å²) in [6, 6.07) is 13.3. The normalized spacial score (nSPS) is 17.9. The van der Waals surface area contributed by atoms with Crippen molar-refractivity contribution in [2.24, 2.45) is 0 Å². The van der Waals surface area contributed by atoms with Crippen molar-refractivity contribution in [3.05, 3.63) is 53.8 Å². The van der Waals surface area contributed by atoms with E-state index in [0.29, 0.717) is 25.9 Å². The molecule has 2 fully saturated rings. The zero-order chi connectivity index (χ0) is 18.5. The number of benzene rings is 2. The predicted molar refractivity (Wildman–Crippen MR) is 106 cm³/mol. The lowest BCUT2D eigenvalue weighted by Crippen LogP contribution is -2.36. The largest absolute Gasteiger partial charge is 0.490 e. The highest BCUT2D eigenvalue weighted by atomic mass is 19.1. The molecular weight excluding hydrogens is 343 g/mol. The van der Waals surface area contributed by atoms with Crippen molar-refractivity contribution in [1.82, 2.24) is 0 Å². The van der Waals surface area contributed by atoms with E-state index in [4.69, 9.17) is 9.47 Å². The van der Waals surface area contributed by atoms with Gasteiger partial charge in [0.25, 0.3) is 0 Å². The molecule has 0 atom stereocenters. The second kappa shape index (κ2) is 8.61. The van der Waals surface area contributed by atoms with E-state index in [-0.39, 0.29) is 5.82 Å². The predicted octanol–water partition coefficient (Wildman–Crippen LogP) is 4.60. The summed E-state index contributed by atoms with van der Waals surface area (Å²) in [5, 5.41) is 3.37. The van der Waals surface area contributed by atoms with Gasteiger partial charge < -0.3 is 19.7 Å². The third-order valence-electron chi connectivity index (χ3n) is 5.31. The van der Waals surface area contributed by atoms with Crippen molar-refractivity contribution in [2.75, 3.05) is 36.5 Å². The molecule has 1 saturated heterocycles. The van der Waals surface area contributed by atoms with Crippen LogP contribution in [0.2, 0.25) is 0 Å². The maximum atomic E-state index is 14.1. The van der Waals surface area contributed by atoms with E-state index in [1.54, 1.807) is 12.1 Å². The lowest BCUT2D eigenvalue weighted by atomic mass is 10.1. The fourth-order valence-electron chi connectivity index (χ4n) is 3.83. The van der Waals surface area contributed by atoms with Crippen molar-refractivity contribution >= 4 is 11.4 Å². The Bertz CT molecular complexity index is 756. The van der Waals surface area contributed by atoms with Crippen LogP contribution in [0.5, 0.6) is 5.75 Å². The van der Waals surface area contributed by atoms with Gasteiger partial charge in [-0.2, -0.15) is 0 Å². The molecule has 0 bridgehead atoms. The number of hydrogen-bond acceptors (Lipinski definition) is 4. The highest BCUT2D eigenvalue weighted by Crippen LogP contribution is 2.28. The number of nitrogens with one attached hydrogen (secondary N) is 1. The van der Waals surface area contributed by atoms with Crippen molar-refractivity contribution in [3.63, 3.8) is 0 Å². The van der Waals surface area contributed by atoms with Crippen LogP contribution >= 0.6 is 0 Å². The highest BCUT2D eigenvalue weighted by Gasteiger charge is 2.18. The van der Waals surface area contributed by atoms with Crippen molar-refractivity contribution in [2.45, 2.75) is 38.3 Å². The van der Waals surface area contributed by atoms with E-state index in [0.717, 1.165) is 48.6 Å². The average molecular weight is 370 g/mol. The summed E-state index contributed by atoms with van der Waals surface area (Å²) in [6.07, 6.45) is 5.09. The molecule has 4 nitrogen and oxygen atoms in total. The van der Waals surface area contributed by atoms with Crippen LogP contribution in [0.3, 0.4) is 0 Å². The van der Waals surface area contributed by atoms with Crippen LogP contribution in [0.25, 0.3) is 0 Å². The van der Waals surface area contributed by atoms with Crippen LogP contribution in [-0.4, -0.2) is 32.4 Å². The van der Waals surface area contributed by atoms with Gasteiger partial charge in [-0.15, -0.1) is 0 Å². The summed E-state index contributed by atoms with van der Waals surface area (Å²) < 4.78 is 25.7. The Morgan fingerprint density at radius 3 is 2.67 bits per heavy atom. The Morgan fingerprint density at radius 1 is 1.07 bits per heavy atom. The molecule has 1 aliphatic heterocycles. The first-order valence-electron chi connectivity index (χ1n) is 9.90. The van der Waals surface area contributed by atoms with Crippen LogP contribution in [0.15, 0.2) is 42.5 Å². The van der Waals surface area contributed by atoms with Crippen molar-refractivity contribution in [3.8, 4) is 5.75 Å². The molecule has 1 N–H and O–H groups in total. The van der Waals surface area contributed by atoms with Crippen LogP contribution in [0.4, 0.5) is 15.8 Å². The smallest absolute Gasteiger partial charge is 0.127 e. The van der Waals surface area contributed by atoms with Gasteiger partial charge in [-0.1, -0.05) is 18.2 Å². The molecule has 0 aromatic heterocycles. The maximum Gasteiger partial charge on any atom is 0.127 e. The minimum atomic E-state index is -0.225. The molecule has 4 rings (SSSR count). The number of morpholine rings is 1. The first-order chi connectivity index (χ1) is 13.3. The summed E-state index contributed by atoms with van der Waals surface area (Å²) in [7, 11) is 0. The fourth-order valence-corrected chi connectivity index (χ4v) is 3.83. The first-order valence-corrected chi connectivity index (χ1v) is 9.90. The first kappa shape index (κ1) is 18.1. The molecular formula is C22H27FN2O2. The number of anilines is 2. The van der Waals surface area contributed by atoms with E-state index in [1.807, 2.05) is 24.3 Å². The number of halogens is 1. The Morgan fingerprint density at radius 2 is 1.85 bits per heavy atom. The third kappa shape index (κ3) is 4.72. The minimum absolute atomic E-state index is 0.225. The number of nitrogens with zero attached hydrogens (tertiary/aromatic N) is 1. The van der Waals surface area contributed by atoms with Gasteiger partial charge in [0.2, 0.25) is 0 Å². The second-order valence-electron chi connectivity index (χ2n) is 7.28. The summed E-state index contributed by atoms with van der Waals surface area (Å²) in [5.74, 6) is 0.707. The van der Waals surface area contributed by atoms with E-state index < -0.39 is 0 Å². The summed E-state index contributed by atoms with van der Waals surface area (Å²) in [5.41, 5.74) is 2.78. The average Bonchev–Trinajstić information content (AvgIpc) is 3.21. The molecule has 0 unspecified atom stereocenters. The van der Waals surface area contributed by atoms with Crippen LogP contribution in [-0.2, 0) is 11.3 Å². The lowest BCUT2D eigenvalue weighted by molar-refractivity contribution is 0.122. The quantitative estimate of drug-likeness (QED) is 0.806. The van der Waals surface area contributed by atoms with E-state index in [2.05, 4.69) is 16.3 Å². The Labute approximate surface area is 160 Å². The monoisotopic (exact) mass is 370 g/mol. The lowest BCUT2D eigenvalue weighted by Gasteiger charge is -2.29. The van der Waals surface area contributed by atoms with Crippen LogP contribution in [0, 0.1) is 5.82 Å². The molecule has 2 aromatic rings. The van der Waals surface area contributed by atoms with Crippen molar-refractivity contribution < 1.29 is 13.9 Å². The zero-order valence-corrected chi connectivity index (χ0v) is 15.6. The molecule has 1 aliphatic carbocycles. The minimum Gasteiger partial charge on any atom is -0.490 e. The molecule has 2 aliphatic rings. The standard InChI is InChI=1S/C22H27FN2O2/c23-18-13-19(15-20(14-18)25-9-11-26-12-10-25)24-16-17-5-1-4-8-22(17)27-21-6-2-3-7-21/h1,4-5,8,13-15,21,24H,2-3,6-7,9-12,16H2. The third-order valence-corrected chi connectivity index (χ3v) is 5.31. The van der Waals surface area contributed by atoms with Gasteiger partial charge in [-0.3, -0.25) is 0 Å². The molecule has 0 amide bonds. The van der Waals surface area contributed by atoms with Crippen LogP contribution < -0.4 is 15.0 Å². The maximum absolute atomic E-state index is 14.1. The Hall–Kier alpha value is -2.27. The summed E-state index contributed by atoms with van der Waals surface area (Å²) >= 11 is 0. The van der Waals surface area contributed by atoms with Crippen LogP contribution in [0.1, 0.15) is 31.2 Å². The Balaban J connectivity index is 1.44. The van der Waals surface area contributed by atoms with E-state index >= 15 is 0 Å². The van der Waals surface area contributed by atoms with Gasteiger partial charge in [-0.05, 0) is 49.9 Å². The van der Waals surface area contributed by atoms with Gasteiger partial charge >= 0.3 is 0 Å². The van der Waals surface area contributed by atoms with Gasteiger partial charge in [0.15, 0.2) is 0 Å². The number of ether oxygens (including phenoxy) is 2. The Kier molecular flexibility index (Phi) is 5.78. The molecule has 1 saturated carbocycles. The molecule has 144 valence electrons. The van der Waals surface area contributed by atoms with Gasteiger partial charge in [0.1, 0.15) is 11.6 Å². The van der Waals surface area contributed by atoms with Gasteiger partial charge in [0.05, 0.1) is 19.3 Å². The summed E-state index contributed by atoms with van der Waals surface area (Å²) in [4.78, 5) is 2.16. The zero-order valence-electron chi connectivity index (χ0n) is 15.6. The molecule has 2 aromatic carbocycles. The van der Waals surface area contributed by atoms with Gasteiger partial charge in [0, 0.05) is 36.6 Å². The SMILES string of the molecule is Fc1cc(NCc2ccccc2OC2CCCC2)cc(N2CCOCC2)c1. The number of para-hydroxylation sites is 1. The highest BCUT2D eigenvalue weighted by molar-refractivity contribution is 5.59. The topological polar surface area (TPSA) is 33.7 Å². The molecule has 0 spiro atoms. The van der Waals surface area contributed by atoms with Crippen molar-refractivity contribution in [1.29, 1.82) is 0 Å². The second-order valence-corrected chi connectivity index (χ2v) is 7.28. The number of hydrogen-bond donors (Lipinski definition) is 1. The number of rotatable bonds is 6. The summed E-state index contributed by atoms with van der Waals surface area (Å²) in [6.45, 7) is 3.56.